The number of fused-ring (bicyclic) bond motifs is 1. The van der Waals surface area contributed by atoms with Gasteiger partial charge in [-0.1, -0.05) is 18.2 Å². The second-order valence-electron chi connectivity index (χ2n) is 5.37. The van der Waals surface area contributed by atoms with Crippen molar-refractivity contribution in [2.24, 2.45) is 0 Å². The van der Waals surface area contributed by atoms with Gasteiger partial charge in [0.25, 0.3) is 0 Å². The lowest BCUT2D eigenvalue weighted by Crippen LogP contribution is -2.02. The number of pyridine rings is 1. The first-order valence-corrected chi connectivity index (χ1v) is 7.18. The Labute approximate surface area is 131 Å². The Hall–Kier alpha value is -3.22. The van der Waals surface area contributed by atoms with Crippen LogP contribution in [0.2, 0.25) is 0 Å². The molecule has 0 aliphatic heterocycles. The van der Waals surface area contributed by atoms with Gasteiger partial charge in [-0.2, -0.15) is 5.10 Å². The Balaban J connectivity index is 1.75. The van der Waals surface area contributed by atoms with Crippen LogP contribution in [0, 0.1) is 6.92 Å². The van der Waals surface area contributed by atoms with Gasteiger partial charge in [0.1, 0.15) is 0 Å². The Morgan fingerprint density at radius 3 is 2.96 bits per heavy atom. The highest BCUT2D eigenvalue weighted by molar-refractivity contribution is 5.85. The standard InChI is InChI=1S/C16H14N6O/c1-9-12(14(17)15-16(19-9)22-23-21-15)8-10-3-2-4-11(7-10)13-5-6-18-20-13/h2-7H,8,17H2,1H3,(H,18,20). The first-order valence-electron chi connectivity index (χ1n) is 7.18. The third kappa shape index (κ3) is 2.32. The van der Waals surface area contributed by atoms with Crippen molar-refractivity contribution in [1.82, 2.24) is 25.5 Å². The summed E-state index contributed by atoms with van der Waals surface area (Å²) < 4.78 is 4.72. The van der Waals surface area contributed by atoms with E-state index in [0.717, 1.165) is 28.1 Å². The zero-order valence-corrected chi connectivity index (χ0v) is 12.4. The van der Waals surface area contributed by atoms with Gasteiger partial charge in [0, 0.05) is 23.9 Å². The minimum absolute atomic E-state index is 0.440. The zero-order valence-electron chi connectivity index (χ0n) is 12.4. The molecule has 0 aliphatic carbocycles. The summed E-state index contributed by atoms with van der Waals surface area (Å²) in [6.45, 7) is 1.92. The van der Waals surface area contributed by atoms with Crippen LogP contribution in [-0.2, 0) is 6.42 Å². The van der Waals surface area contributed by atoms with Gasteiger partial charge in [-0.05, 0) is 40.5 Å². The van der Waals surface area contributed by atoms with E-state index >= 15 is 0 Å². The lowest BCUT2D eigenvalue weighted by Gasteiger charge is -2.09. The summed E-state index contributed by atoms with van der Waals surface area (Å²) >= 11 is 0. The van der Waals surface area contributed by atoms with Gasteiger partial charge >= 0.3 is 0 Å². The van der Waals surface area contributed by atoms with Crippen LogP contribution in [0.5, 0.6) is 0 Å². The average molecular weight is 306 g/mol. The van der Waals surface area contributed by atoms with Crippen LogP contribution in [0.4, 0.5) is 5.69 Å². The molecule has 1 aromatic carbocycles. The molecule has 3 heterocycles. The van der Waals surface area contributed by atoms with E-state index in [2.05, 4.69) is 37.6 Å². The molecule has 0 radical (unpaired) electrons. The first-order chi connectivity index (χ1) is 11.2. The Kier molecular flexibility index (Phi) is 3.04. The molecule has 0 amide bonds. The van der Waals surface area contributed by atoms with Gasteiger partial charge in [0.2, 0.25) is 5.65 Å². The fourth-order valence-electron chi connectivity index (χ4n) is 2.68. The molecule has 0 spiro atoms. The molecule has 23 heavy (non-hydrogen) atoms. The molecular weight excluding hydrogens is 292 g/mol. The van der Waals surface area contributed by atoms with Crippen LogP contribution in [0.15, 0.2) is 41.2 Å². The number of nitrogen functional groups attached to an aromatic ring is 1. The molecule has 0 aliphatic rings. The quantitative estimate of drug-likeness (QED) is 0.602. The number of anilines is 1. The second kappa shape index (κ2) is 5.20. The topological polar surface area (TPSA) is 107 Å². The fourth-order valence-corrected chi connectivity index (χ4v) is 2.68. The minimum atomic E-state index is 0.440. The number of aromatic nitrogens is 5. The van der Waals surface area contributed by atoms with Crippen molar-refractivity contribution in [2.45, 2.75) is 13.3 Å². The molecule has 3 aromatic heterocycles. The predicted octanol–water partition coefficient (Wildman–Crippen LogP) is 2.49. The highest BCUT2D eigenvalue weighted by Gasteiger charge is 2.15. The van der Waals surface area contributed by atoms with E-state index < -0.39 is 0 Å². The van der Waals surface area contributed by atoms with Crippen molar-refractivity contribution in [2.75, 3.05) is 5.73 Å². The first kappa shape index (κ1) is 13.4. The summed E-state index contributed by atoms with van der Waals surface area (Å²) in [5.74, 6) is 0. The van der Waals surface area contributed by atoms with Crippen molar-refractivity contribution in [3.8, 4) is 11.3 Å². The molecule has 0 fully saturated rings. The summed E-state index contributed by atoms with van der Waals surface area (Å²) in [7, 11) is 0. The number of aromatic amines is 1. The largest absolute Gasteiger partial charge is 0.396 e. The monoisotopic (exact) mass is 306 g/mol. The maximum atomic E-state index is 6.23. The van der Waals surface area contributed by atoms with E-state index in [9.17, 15) is 0 Å². The fraction of sp³-hybridized carbons (Fsp3) is 0.125. The smallest absolute Gasteiger partial charge is 0.226 e. The number of nitrogens with two attached hydrogens (primary N) is 1. The summed E-state index contributed by atoms with van der Waals surface area (Å²) in [4.78, 5) is 4.40. The normalized spacial score (nSPS) is 11.2. The molecule has 4 aromatic rings. The lowest BCUT2D eigenvalue weighted by atomic mass is 9.99. The van der Waals surface area contributed by atoms with Crippen LogP contribution in [0.25, 0.3) is 22.4 Å². The molecule has 7 nitrogen and oxygen atoms in total. The Bertz CT molecular complexity index is 974. The minimum Gasteiger partial charge on any atom is -0.396 e. The average Bonchev–Trinajstić information content (AvgIpc) is 3.23. The molecular formula is C16H14N6O. The van der Waals surface area contributed by atoms with Gasteiger partial charge in [-0.15, -0.1) is 0 Å². The van der Waals surface area contributed by atoms with Gasteiger partial charge in [-0.3, -0.25) is 5.10 Å². The number of hydrogen-bond donors (Lipinski definition) is 2. The van der Waals surface area contributed by atoms with E-state index in [-0.39, 0.29) is 0 Å². The molecule has 0 saturated heterocycles. The number of rotatable bonds is 3. The van der Waals surface area contributed by atoms with Crippen molar-refractivity contribution in [3.05, 3.63) is 53.3 Å². The highest BCUT2D eigenvalue weighted by atomic mass is 16.6. The predicted molar refractivity (Wildman–Crippen MR) is 85.6 cm³/mol. The van der Waals surface area contributed by atoms with Crippen molar-refractivity contribution in [1.29, 1.82) is 0 Å². The van der Waals surface area contributed by atoms with Crippen molar-refractivity contribution >= 4 is 16.9 Å². The summed E-state index contributed by atoms with van der Waals surface area (Å²) in [5.41, 5.74) is 12.7. The summed E-state index contributed by atoms with van der Waals surface area (Å²) in [5, 5.41) is 14.5. The van der Waals surface area contributed by atoms with E-state index in [1.54, 1.807) is 6.20 Å². The van der Waals surface area contributed by atoms with Gasteiger partial charge in [0.15, 0.2) is 5.52 Å². The summed E-state index contributed by atoms with van der Waals surface area (Å²) in [6, 6.07) is 10.2. The lowest BCUT2D eigenvalue weighted by molar-refractivity contribution is 0.315. The molecule has 0 bridgehead atoms. The number of hydrogen-bond acceptors (Lipinski definition) is 6. The molecule has 0 saturated carbocycles. The van der Waals surface area contributed by atoms with Crippen LogP contribution >= 0.6 is 0 Å². The van der Waals surface area contributed by atoms with E-state index in [1.807, 2.05) is 25.1 Å². The van der Waals surface area contributed by atoms with Crippen LogP contribution in [0.1, 0.15) is 16.8 Å². The van der Waals surface area contributed by atoms with E-state index in [0.29, 0.717) is 23.3 Å². The molecule has 7 heteroatoms. The van der Waals surface area contributed by atoms with E-state index in [1.165, 1.54) is 0 Å². The highest BCUT2D eigenvalue weighted by Crippen LogP contribution is 2.27. The van der Waals surface area contributed by atoms with Gasteiger partial charge in [0.05, 0.1) is 11.4 Å². The molecule has 0 atom stereocenters. The number of nitrogens with zero attached hydrogens (tertiary/aromatic N) is 4. The molecule has 114 valence electrons. The second-order valence-corrected chi connectivity index (χ2v) is 5.37. The maximum Gasteiger partial charge on any atom is 0.226 e. The molecule has 0 unspecified atom stereocenters. The van der Waals surface area contributed by atoms with Crippen molar-refractivity contribution in [3.63, 3.8) is 0 Å². The van der Waals surface area contributed by atoms with Crippen LogP contribution < -0.4 is 5.73 Å². The van der Waals surface area contributed by atoms with Gasteiger partial charge < -0.3 is 5.73 Å². The Morgan fingerprint density at radius 2 is 2.13 bits per heavy atom. The van der Waals surface area contributed by atoms with Crippen molar-refractivity contribution < 1.29 is 4.63 Å². The summed E-state index contributed by atoms with van der Waals surface area (Å²) in [6.07, 6.45) is 2.40. The third-order valence-corrected chi connectivity index (χ3v) is 3.88. The molecule has 4 rings (SSSR count). The maximum absolute atomic E-state index is 6.23. The molecule has 3 N–H and O–H groups in total. The number of aryl methyl sites for hydroxylation is 1. The van der Waals surface area contributed by atoms with E-state index in [4.69, 9.17) is 10.4 Å². The SMILES string of the molecule is Cc1nc2nonc2c(N)c1Cc1cccc(-c2ccn[nH]2)c1. The van der Waals surface area contributed by atoms with Crippen LogP contribution in [0.3, 0.4) is 0 Å². The zero-order chi connectivity index (χ0) is 15.8. The third-order valence-electron chi connectivity index (χ3n) is 3.88. The Morgan fingerprint density at radius 1 is 1.22 bits per heavy atom. The van der Waals surface area contributed by atoms with Crippen LogP contribution in [-0.4, -0.2) is 25.5 Å². The number of H-pyrrole nitrogens is 1. The number of nitrogens with one attached hydrogen (secondary N) is 1. The number of benzene rings is 1. The van der Waals surface area contributed by atoms with Gasteiger partial charge in [-0.25, -0.2) is 9.61 Å².